The van der Waals surface area contributed by atoms with Gasteiger partial charge in [-0.15, -0.1) is 0 Å². The standard InChI is InChI=1S/C4H5NO4/c6-1-2(7)4(9)5-3(1)8/h1,3,6,8H,(H,5,9)/t1?,3-/m0/s1. The zero-order valence-corrected chi connectivity index (χ0v) is 4.37. The molecule has 0 spiro atoms. The van der Waals surface area contributed by atoms with Crippen LogP contribution in [0.1, 0.15) is 0 Å². The van der Waals surface area contributed by atoms with Crippen LogP contribution in [0.3, 0.4) is 0 Å². The highest BCUT2D eigenvalue weighted by atomic mass is 16.4. The van der Waals surface area contributed by atoms with Gasteiger partial charge >= 0.3 is 0 Å². The van der Waals surface area contributed by atoms with Crippen molar-refractivity contribution in [1.29, 1.82) is 0 Å². The first kappa shape index (κ1) is 6.18. The third kappa shape index (κ3) is 0.797. The van der Waals surface area contributed by atoms with E-state index in [1.807, 2.05) is 5.32 Å². The van der Waals surface area contributed by atoms with Crippen molar-refractivity contribution in [2.75, 3.05) is 0 Å². The van der Waals surface area contributed by atoms with Gasteiger partial charge < -0.3 is 15.5 Å². The minimum absolute atomic E-state index is 0.935. The van der Waals surface area contributed by atoms with Crippen molar-refractivity contribution in [1.82, 2.24) is 5.32 Å². The summed E-state index contributed by atoms with van der Waals surface area (Å²) < 4.78 is 0. The fourth-order valence-corrected chi connectivity index (χ4v) is 0.562. The molecule has 5 heteroatoms. The normalized spacial score (nSPS) is 34.9. The zero-order chi connectivity index (χ0) is 7.02. The van der Waals surface area contributed by atoms with Crippen LogP contribution in [-0.4, -0.2) is 34.2 Å². The van der Waals surface area contributed by atoms with E-state index in [2.05, 4.69) is 0 Å². The number of amides is 1. The first-order valence-corrected chi connectivity index (χ1v) is 2.34. The first-order valence-electron chi connectivity index (χ1n) is 2.34. The van der Waals surface area contributed by atoms with Gasteiger partial charge in [-0.05, 0) is 0 Å². The average molecular weight is 131 g/mol. The molecule has 0 radical (unpaired) electrons. The summed E-state index contributed by atoms with van der Waals surface area (Å²) in [5.41, 5.74) is 0. The molecule has 0 bridgehead atoms. The second kappa shape index (κ2) is 1.78. The maximum atomic E-state index is 10.3. The summed E-state index contributed by atoms with van der Waals surface area (Å²) in [6.45, 7) is 0. The minimum atomic E-state index is -1.59. The molecule has 1 fully saturated rings. The van der Waals surface area contributed by atoms with Crippen molar-refractivity contribution in [3.05, 3.63) is 0 Å². The summed E-state index contributed by atoms with van der Waals surface area (Å²) in [7, 11) is 0. The van der Waals surface area contributed by atoms with Gasteiger partial charge in [-0.25, -0.2) is 0 Å². The molecule has 9 heavy (non-hydrogen) atoms. The minimum Gasteiger partial charge on any atom is -0.380 e. The highest BCUT2D eigenvalue weighted by Gasteiger charge is 2.38. The van der Waals surface area contributed by atoms with Crippen LogP contribution in [0.25, 0.3) is 0 Å². The van der Waals surface area contributed by atoms with Crippen LogP contribution in [0.5, 0.6) is 0 Å². The highest BCUT2D eigenvalue weighted by molar-refractivity contribution is 6.40. The van der Waals surface area contributed by atoms with E-state index in [0.29, 0.717) is 0 Å². The monoisotopic (exact) mass is 131 g/mol. The number of carbonyl (C=O) groups excluding carboxylic acids is 2. The van der Waals surface area contributed by atoms with Gasteiger partial charge in [0.05, 0.1) is 0 Å². The number of hydrogen-bond donors (Lipinski definition) is 3. The predicted molar refractivity (Wildman–Crippen MR) is 25.2 cm³/mol. The number of carbonyl (C=O) groups is 2. The Hall–Kier alpha value is -0.940. The zero-order valence-electron chi connectivity index (χ0n) is 4.37. The Bertz CT molecular complexity index is 166. The summed E-state index contributed by atoms with van der Waals surface area (Å²) in [5.74, 6) is -1.92. The van der Waals surface area contributed by atoms with Crippen LogP contribution in [-0.2, 0) is 9.59 Å². The van der Waals surface area contributed by atoms with E-state index in [-0.39, 0.29) is 0 Å². The largest absolute Gasteiger partial charge is 0.380 e. The maximum Gasteiger partial charge on any atom is 0.292 e. The van der Waals surface area contributed by atoms with Crippen LogP contribution in [0, 0.1) is 0 Å². The van der Waals surface area contributed by atoms with E-state index in [1.165, 1.54) is 0 Å². The number of aliphatic hydroxyl groups is 2. The summed E-state index contributed by atoms with van der Waals surface area (Å²) in [4.78, 5) is 20.5. The van der Waals surface area contributed by atoms with E-state index in [9.17, 15) is 9.59 Å². The van der Waals surface area contributed by atoms with Gasteiger partial charge in [-0.1, -0.05) is 0 Å². The van der Waals surface area contributed by atoms with Gasteiger partial charge in [0.2, 0.25) is 0 Å². The van der Waals surface area contributed by atoms with Gasteiger partial charge in [-0.3, -0.25) is 9.59 Å². The van der Waals surface area contributed by atoms with Gasteiger partial charge in [0.1, 0.15) is 0 Å². The van der Waals surface area contributed by atoms with Crippen molar-refractivity contribution in [3.63, 3.8) is 0 Å². The van der Waals surface area contributed by atoms with E-state index >= 15 is 0 Å². The Balaban J connectivity index is 2.77. The third-order valence-corrected chi connectivity index (χ3v) is 1.07. The Morgan fingerprint density at radius 1 is 1.33 bits per heavy atom. The lowest BCUT2D eigenvalue weighted by molar-refractivity contribution is -0.138. The number of Topliss-reactive ketones (excluding diaryl/α,β-unsaturated/α-hetero) is 1. The lowest BCUT2D eigenvalue weighted by Crippen LogP contribution is -2.31. The Morgan fingerprint density at radius 3 is 2.00 bits per heavy atom. The molecular formula is C4H5NO4. The SMILES string of the molecule is O=C1N[C@@H](O)C(O)C1=O. The average Bonchev–Trinajstić information content (AvgIpc) is 1.98. The molecule has 0 saturated carbocycles. The molecule has 5 nitrogen and oxygen atoms in total. The van der Waals surface area contributed by atoms with E-state index in [0.717, 1.165) is 0 Å². The Morgan fingerprint density at radius 2 is 1.89 bits per heavy atom. The quantitative estimate of drug-likeness (QED) is 0.314. The number of hydrogen-bond acceptors (Lipinski definition) is 4. The van der Waals surface area contributed by atoms with Crippen LogP contribution in [0.15, 0.2) is 0 Å². The number of ketones is 1. The number of aliphatic hydroxyl groups excluding tert-OH is 2. The summed E-state index contributed by atoms with van der Waals surface area (Å²) in [6.07, 6.45) is -3.01. The second-order valence-corrected chi connectivity index (χ2v) is 1.73. The molecule has 1 aliphatic heterocycles. The van der Waals surface area contributed by atoms with E-state index in [1.54, 1.807) is 0 Å². The summed E-state index contributed by atoms with van der Waals surface area (Å²) in [5, 5.41) is 18.9. The molecule has 0 aliphatic carbocycles. The van der Waals surface area contributed by atoms with Crippen LogP contribution in [0.2, 0.25) is 0 Å². The molecule has 1 rings (SSSR count). The third-order valence-electron chi connectivity index (χ3n) is 1.07. The van der Waals surface area contributed by atoms with Crippen molar-refractivity contribution < 1.29 is 19.8 Å². The lowest BCUT2D eigenvalue weighted by Gasteiger charge is -2.01. The molecule has 0 aromatic heterocycles. The number of rotatable bonds is 0. The Kier molecular flexibility index (Phi) is 1.22. The maximum absolute atomic E-state index is 10.3. The van der Waals surface area contributed by atoms with Crippen molar-refractivity contribution in [3.8, 4) is 0 Å². The molecule has 1 saturated heterocycles. The fraction of sp³-hybridized carbons (Fsp3) is 0.500. The molecule has 1 heterocycles. The van der Waals surface area contributed by atoms with Gasteiger partial charge in [0.25, 0.3) is 11.7 Å². The van der Waals surface area contributed by atoms with Crippen molar-refractivity contribution in [2.24, 2.45) is 0 Å². The fourth-order valence-electron chi connectivity index (χ4n) is 0.562. The summed E-state index contributed by atoms with van der Waals surface area (Å²) >= 11 is 0. The van der Waals surface area contributed by atoms with Gasteiger partial charge in [0, 0.05) is 0 Å². The van der Waals surface area contributed by atoms with E-state index < -0.39 is 24.0 Å². The van der Waals surface area contributed by atoms with Gasteiger partial charge in [-0.2, -0.15) is 0 Å². The number of nitrogens with one attached hydrogen (secondary N) is 1. The van der Waals surface area contributed by atoms with Gasteiger partial charge in [0.15, 0.2) is 12.3 Å². The highest BCUT2D eigenvalue weighted by Crippen LogP contribution is 1.99. The van der Waals surface area contributed by atoms with Crippen LogP contribution < -0.4 is 5.32 Å². The van der Waals surface area contributed by atoms with Crippen molar-refractivity contribution >= 4 is 11.7 Å². The summed E-state index contributed by atoms with van der Waals surface area (Å²) in [6, 6.07) is 0. The van der Waals surface area contributed by atoms with E-state index in [4.69, 9.17) is 10.2 Å². The molecule has 0 aromatic carbocycles. The molecule has 2 atom stereocenters. The first-order chi connectivity index (χ1) is 4.13. The second-order valence-electron chi connectivity index (χ2n) is 1.73. The lowest BCUT2D eigenvalue weighted by atomic mass is 10.3. The predicted octanol–water partition coefficient (Wildman–Crippen LogP) is -2.64. The molecule has 3 N–H and O–H groups in total. The Labute approximate surface area is 50.3 Å². The van der Waals surface area contributed by atoms with Crippen molar-refractivity contribution in [2.45, 2.75) is 12.3 Å². The molecule has 1 unspecified atom stereocenters. The molecule has 50 valence electrons. The smallest absolute Gasteiger partial charge is 0.292 e. The molecular weight excluding hydrogens is 126 g/mol. The molecule has 0 aromatic rings. The molecule has 1 amide bonds. The van der Waals surface area contributed by atoms with Crippen LogP contribution in [0.4, 0.5) is 0 Å². The van der Waals surface area contributed by atoms with Crippen LogP contribution >= 0.6 is 0 Å². The topological polar surface area (TPSA) is 86.6 Å². The molecule has 1 aliphatic rings.